The fraction of sp³-hybridized carbons (Fsp3) is 0.0588. The lowest BCUT2D eigenvalue weighted by atomic mass is 9.98. The van der Waals surface area contributed by atoms with Gasteiger partial charge in [0, 0.05) is 5.56 Å². The second-order valence-electron chi connectivity index (χ2n) is 4.53. The van der Waals surface area contributed by atoms with E-state index >= 15 is 0 Å². The zero-order valence-electron chi connectivity index (χ0n) is 10.3. The van der Waals surface area contributed by atoms with Crippen molar-refractivity contribution < 1.29 is 9.50 Å². The molecule has 0 aliphatic rings. The van der Waals surface area contributed by atoms with Crippen LogP contribution in [-0.2, 0) is 0 Å². The zero-order valence-corrected chi connectivity index (χ0v) is 10.3. The van der Waals surface area contributed by atoms with E-state index in [1.807, 2.05) is 42.5 Å². The van der Waals surface area contributed by atoms with Crippen LogP contribution >= 0.6 is 0 Å². The van der Waals surface area contributed by atoms with Crippen LogP contribution in [0.15, 0.2) is 66.7 Å². The molecule has 1 N–H and O–H groups in total. The van der Waals surface area contributed by atoms with Crippen molar-refractivity contribution in [2.75, 3.05) is 0 Å². The lowest BCUT2D eigenvalue weighted by Gasteiger charge is -2.13. The predicted octanol–water partition coefficient (Wildman–Crippen LogP) is 4.06. The highest BCUT2D eigenvalue weighted by Gasteiger charge is 2.14. The van der Waals surface area contributed by atoms with E-state index < -0.39 is 6.10 Å². The average molecular weight is 252 g/mol. The summed E-state index contributed by atoms with van der Waals surface area (Å²) in [5.74, 6) is -0.386. The molecule has 0 bridgehead atoms. The maximum absolute atomic E-state index is 13.7. The second kappa shape index (κ2) is 4.82. The van der Waals surface area contributed by atoms with Crippen molar-refractivity contribution in [1.29, 1.82) is 0 Å². The fourth-order valence-electron chi connectivity index (χ4n) is 2.25. The van der Waals surface area contributed by atoms with Crippen molar-refractivity contribution in [3.8, 4) is 0 Å². The van der Waals surface area contributed by atoms with Crippen LogP contribution in [0.4, 0.5) is 4.39 Å². The molecule has 0 aliphatic heterocycles. The van der Waals surface area contributed by atoms with Gasteiger partial charge in [-0.1, -0.05) is 54.6 Å². The highest BCUT2D eigenvalue weighted by molar-refractivity contribution is 5.83. The van der Waals surface area contributed by atoms with E-state index in [0.29, 0.717) is 11.1 Å². The molecule has 1 atom stereocenters. The van der Waals surface area contributed by atoms with Crippen molar-refractivity contribution >= 4 is 10.8 Å². The summed E-state index contributed by atoms with van der Waals surface area (Å²) in [6.45, 7) is 0. The van der Waals surface area contributed by atoms with Gasteiger partial charge in [-0.25, -0.2) is 4.39 Å². The molecule has 1 nitrogen and oxygen atoms in total. The Bertz CT molecular complexity index is 721. The maximum Gasteiger partial charge on any atom is 0.129 e. The summed E-state index contributed by atoms with van der Waals surface area (Å²) >= 11 is 0. The molecule has 0 heterocycles. The van der Waals surface area contributed by atoms with Gasteiger partial charge in [-0.05, 0) is 28.5 Å². The van der Waals surface area contributed by atoms with Gasteiger partial charge in [0.05, 0.1) is 0 Å². The summed E-state index contributed by atoms with van der Waals surface area (Å²) in [6.07, 6.45) is -0.939. The van der Waals surface area contributed by atoms with Gasteiger partial charge in [-0.2, -0.15) is 0 Å². The minimum Gasteiger partial charge on any atom is -0.384 e. The minimum atomic E-state index is -0.939. The number of hydrogen-bond acceptors (Lipinski definition) is 1. The van der Waals surface area contributed by atoms with E-state index in [2.05, 4.69) is 0 Å². The summed E-state index contributed by atoms with van der Waals surface area (Å²) in [4.78, 5) is 0. The summed E-state index contributed by atoms with van der Waals surface area (Å²) in [7, 11) is 0. The number of aliphatic hydroxyl groups excluding tert-OH is 1. The van der Waals surface area contributed by atoms with Crippen LogP contribution < -0.4 is 0 Å². The fourth-order valence-corrected chi connectivity index (χ4v) is 2.25. The van der Waals surface area contributed by atoms with Gasteiger partial charge >= 0.3 is 0 Å². The number of hydrogen-bond donors (Lipinski definition) is 1. The van der Waals surface area contributed by atoms with Crippen molar-refractivity contribution in [3.05, 3.63) is 83.7 Å². The second-order valence-corrected chi connectivity index (χ2v) is 4.53. The van der Waals surface area contributed by atoms with E-state index in [1.165, 1.54) is 6.07 Å². The average Bonchev–Trinajstić information content (AvgIpc) is 2.46. The predicted molar refractivity (Wildman–Crippen MR) is 74.4 cm³/mol. The Morgan fingerprint density at radius 3 is 2.26 bits per heavy atom. The van der Waals surface area contributed by atoms with E-state index in [0.717, 1.165) is 10.8 Å². The standard InChI is InChI=1S/C17H13FO/c18-16-8-4-3-7-15(16)17(19)14-10-9-12-5-1-2-6-13(12)11-14/h1-11,17,19H. The Balaban J connectivity index is 2.07. The van der Waals surface area contributed by atoms with Crippen LogP contribution in [-0.4, -0.2) is 5.11 Å². The Kier molecular flexibility index (Phi) is 3.02. The number of halogens is 1. The highest BCUT2D eigenvalue weighted by Crippen LogP contribution is 2.26. The number of benzene rings is 3. The Morgan fingerprint density at radius 2 is 1.47 bits per heavy atom. The molecule has 3 rings (SSSR count). The van der Waals surface area contributed by atoms with Crippen LogP contribution in [0.5, 0.6) is 0 Å². The number of fused-ring (bicyclic) bond motifs is 1. The smallest absolute Gasteiger partial charge is 0.129 e. The molecule has 0 aliphatic carbocycles. The lowest BCUT2D eigenvalue weighted by Crippen LogP contribution is -2.02. The van der Waals surface area contributed by atoms with Gasteiger partial charge in [-0.3, -0.25) is 0 Å². The van der Waals surface area contributed by atoms with E-state index in [1.54, 1.807) is 18.2 Å². The van der Waals surface area contributed by atoms with E-state index in [4.69, 9.17) is 0 Å². The van der Waals surface area contributed by atoms with E-state index in [-0.39, 0.29) is 5.82 Å². The molecule has 0 fully saturated rings. The van der Waals surface area contributed by atoms with Gasteiger partial charge in [0.1, 0.15) is 11.9 Å². The molecule has 1 unspecified atom stereocenters. The third-order valence-corrected chi connectivity index (χ3v) is 3.29. The molecular weight excluding hydrogens is 239 g/mol. The topological polar surface area (TPSA) is 20.2 Å². The van der Waals surface area contributed by atoms with Gasteiger partial charge < -0.3 is 5.11 Å². The van der Waals surface area contributed by atoms with Crippen molar-refractivity contribution in [2.45, 2.75) is 6.10 Å². The van der Waals surface area contributed by atoms with Crippen molar-refractivity contribution in [3.63, 3.8) is 0 Å². The monoisotopic (exact) mass is 252 g/mol. The van der Waals surface area contributed by atoms with Crippen LogP contribution in [0.2, 0.25) is 0 Å². The van der Waals surface area contributed by atoms with Crippen molar-refractivity contribution in [2.24, 2.45) is 0 Å². The molecule has 19 heavy (non-hydrogen) atoms. The summed E-state index contributed by atoms with van der Waals surface area (Å²) in [6, 6.07) is 19.9. The first-order valence-corrected chi connectivity index (χ1v) is 6.17. The SMILES string of the molecule is OC(c1ccc2ccccc2c1)c1ccccc1F. The Labute approximate surface area is 110 Å². The molecule has 3 aromatic carbocycles. The van der Waals surface area contributed by atoms with Crippen LogP contribution in [0.3, 0.4) is 0 Å². The molecule has 0 aromatic heterocycles. The summed E-state index contributed by atoms with van der Waals surface area (Å²) in [5, 5.41) is 12.4. The van der Waals surface area contributed by atoms with Crippen LogP contribution in [0.1, 0.15) is 17.2 Å². The molecule has 0 saturated heterocycles. The van der Waals surface area contributed by atoms with Crippen LogP contribution in [0.25, 0.3) is 10.8 Å². The number of rotatable bonds is 2. The lowest BCUT2D eigenvalue weighted by molar-refractivity contribution is 0.215. The van der Waals surface area contributed by atoms with Crippen LogP contribution in [0, 0.1) is 5.82 Å². The Morgan fingerprint density at radius 1 is 0.789 bits per heavy atom. The molecule has 0 spiro atoms. The molecule has 0 amide bonds. The van der Waals surface area contributed by atoms with Gasteiger partial charge in [0.15, 0.2) is 0 Å². The number of aliphatic hydroxyl groups is 1. The van der Waals surface area contributed by atoms with Crippen molar-refractivity contribution in [1.82, 2.24) is 0 Å². The highest BCUT2D eigenvalue weighted by atomic mass is 19.1. The quantitative estimate of drug-likeness (QED) is 0.729. The third kappa shape index (κ3) is 2.23. The molecular formula is C17H13FO. The zero-order chi connectivity index (χ0) is 13.2. The molecule has 94 valence electrons. The first kappa shape index (κ1) is 11.9. The molecule has 3 aromatic rings. The largest absolute Gasteiger partial charge is 0.384 e. The molecule has 0 radical (unpaired) electrons. The normalized spacial score (nSPS) is 12.5. The van der Waals surface area contributed by atoms with E-state index in [9.17, 15) is 9.50 Å². The maximum atomic E-state index is 13.7. The third-order valence-electron chi connectivity index (χ3n) is 3.29. The first-order chi connectivity index (χ1) is 9.25. The van der Waals surface area contributed by atoms with Gasteiger partial charge in [0.25, 0.3) is 0 Å². The Hall–Kier alpha value is -2.19. The molecule has 2 heteroatoms. The first-order valence-electron chi connectivity index (χ1n) is 6.17. The van der Waals surface area contributed by atoms with Gasteiger partial charge in [0.2, 0.25) is 0 Å². The summed E-state index contributed by atoms with van der Waals surface area (Å²) in [5.41, 5.74) is 1.00. The minimum absolute atomic E-state index is 0.304. The summed E-state index contributed by atoms with van der Waals surface area (Å²) < 4.78 is 13.7. The van der Waals surface area contributed by atoms with Gasteiger partial charge in [-0.15, -0.1) is 0 Å². The molecule has 0 saturated carbocycles.